The van der Waals surface area contributed by atoms with Gasteiger partial charge in [-0.1, -0.05) is 24.3 Å². The number of rotatable bonds is 11. The lowest BCUT2D eigenvalue weighted by atomic mass is 10.1. The van der Waals surface area contributed by atoms with E-state index in [1.165, 1.54) is 12.1 Å². The highest BCUT2D eigenvalue weighted by Gasteiger charge is 2.30. The summed E-state index contributed by atoms with van der Waals surface area (Å²) in [6.07, 6.45) is -3.15. The third-order valence-corrected chi connectivity index (χ3v) is 5.46. The molecular weight excluding hydrogens is 541 g/mol. The number of benzene rings is 2. The van der Waals surface area contributed by atoms with Crippen LogP contribution in [0.5, 0.6) is 0 Å². The summed E-state index contributed by atoms with van der Waals surface area (Å²) >= 11 is 0. The van der Waals surface area contributed by atoms with Crippen molar-refractivity contribution in [2.45, 2.75) is 64.7 Å². The number of ether oxygens (including phenoxy) is 1. The molecule has 10 nitrogen and oxygen atoms in total. The molecule has 3 rings (SSSR count). The fourth-order valence-electron chi connectivity index (χ4n) is 3.58. The second-order valence-electron chi connectivity index (χ2n) is 10.1. The molecule has 0 fully saturated rings. The zero-order valence-electron chi connectivity index (χ0n) is 22.9. The molecule has 1 aromatic heterocycles. The summed E-state index contributed by atoms with van der Waals surface area (Å²) in [7, 11) is 0. The first-order chi connectivity index (χ1) is 19.3. The molecular formula is C28H31F3N6O4. The van der Waals surface area contributed by atoms with Crippen molar-refractivity contribution in [3.63, 3.8) is 0 Å². The van der Waals surface area contributed by atoms with Crippen molar-refractivity contribution in [1.82, 2.24) is 25.7 Å². The zero-order valence-corrected chi connectivity index (χ0v) is 22.9. The Hall–Kier alpha value is -4.42. The van der Waals surface area contributed by atoms with Crippen LogP contribution in [0.3, 0.4) is 0 Å². The smallest absolute Gasteiger partial charge is 0.416 e. The molecule has 2 aromatic carbocycles. The maximum Gasteiger partial charge on any atom is 0.416 e. The number of halogens is 3. The number of amides is 2. The maximum absolute atomic E-state index is 12.8. The van der Waals surface area contributed by atoms with Crippen molar-refractivity contribution in [2.75, 3.05) is 11.9 Å². The van der Waals surface area contributed by atoms with Gasteiger partial charge in [0, 0.05) is 42.6 Å². The van der Waals surface area contributed by atoms with E-state index in [0.29, 0.717) is 36.2 Å². The Morgan fingerprint density at radius 3 is 2.00 bits per heavy atom. The normalized spacial score (nSPS) is 11.6. The molecule has 2 amide bonds. The molecule has 2 N–H and O–H groups in total. The first-order valence-corrected chi connectivity index (χ1v) is 12.9. The molecule has 13 heteroatoms. The predicted molar refractivity (Wildman–Crippen MR) is 144 cm³/mol. The van der Waals surface area contributed by atoms with Crippen LogP contribution < -0.4 is 10.6 Å². The minimum absolute atomic E-state index is 0.0685. The van der Waals surface area contributed by atoms with Crippen molar-refractivity contribution in [3.8, 4) is 22.8 Å². The van der Waals surface area contributed by atoms with Crippen LogP contribution in [0, 0.1) is 0 Å². The van der Waals surface area contributed by atoms with Crippen molar-refractivity contribution >= 4 is 23.5 Å². The first kappa shape index (κ1) is 31.1. The molecule has 218 valence electrons. The van der Waals surface area contributed by atoms with Crippen LogP contribution in [0.1, 0.15) is 58.4 Å². The van der Waals surface area contributed by atoms with Crippen molar-refractivity contribution in [3.05, 3.63) is 54.1 Å². The van der Waals surface area contributed by atoms with Crippen LogP contribution in [-0.4, -0.2) is 50.3 Å². The van der Waals surface area contributed by atoms with Gasteiger partial charge in [0.1, 0.15) is 5.60 Å². The summed E-state index contributed by atoms with van der Waals surface area (Å²) in [5, 5.41) is 21.4. The van der Waals surface area contributed by atoms with Crippen molar-refractivity contribution in [2.24, 2.45) is 0 Å². The summed E-state index contributed by atoms with van der Waals surface area (Å²) in [6.45, 7) is 5.71. The Kier molecular flexibility index (Phi) is 10.5. The van der Waals surface area contributed by atoms with Crippen molar-refractivity contribution < 1.29 is 32.3 Å². The predicted octanol–water partition coefficient (Wildman–Crippen LogP) is 4.97. The van der Waals surface area contributed by atoms with Gasteiger partial charge in [-0.3, -0.25) is 14.4 Å². The van der Waals surface area contributed by atoms with Gasteiger partial charge >= 0.3 is 12.1 Å². The quantitative estimate of drug-likeness (QED) is 0.243. The average molecular weight is 573 g/mol. The highest BCUT2D eigenvalue weighted by Crippen LogP contribution is 2.30. The lowest BCUT2D eigenvalue weighted by Crippen LogP contribution is -2.27. The number of nitrogens with one attached hydrogen (secondary N) is 2. The van der Waals surface area contributed by atoms with E-state index in [-0.39, 0.29) is 48.7 Å². The second kappa shape index (κ2) is 13.8. The molecule has 0 spiro atoms. The van der Waals surface area contributed by atoms with E-state index < -0.39 is 17.3 Å². The molecule has 0 radical (unpaired) electrons. The summed E-state index contributed by atoms with van der Waals surface area (Å²) in [6, 6.07) is 11.0. The number of carbonyl (C=O) groups is 3. The second-order valence-corrected chi connectivity index (χ2v) is 10.1. The number of esters is 1. The van der Waals surface area contributed by atoms with Crippen LogP contribution >= 0.6 is 0 Å². The van der Waals surface area contributed by atoms with Gasteiger partial charge in [-0.05, 0) is 57.9 Å². The molecule has 3 aromatic rings. The number of alkyl halides is 3. The van der Waals surface area contributed by atoms with Crippen LogP contribution in [0.4, 0.5) is 18.9 Å². The van der Waals surface area contributed by atoms with Gasteiger partial charge in [-0.2, -0.15) is 13.2 Å². The Morgan fingerprint density at radius 2 is 1.39 bits per heavy atom. The minimum Gasteiger partial charge on any atom is -0.460 e. The molecule has 0 saturated heterocycles. The lowest BCUT2D eigenvalue weighted by molar-refractivity contribution is -0.155. The minimum atomic E-state index is -4.44. The Morgan fingerprint density at radius 1 is 0.780 bits per heavy atom. The molecule has 0 aliphatic rings. The molecule has 0 unspecified atom stereocenters. The van der Waals surface area contributed by atoms with Crippen LogP contribution in [0.25, 0.3) is 22.8 Å². The van der Waals surface area contributed by atoms with E-state index in [2.05, 4.69) is 31.0 Å². The SMILES string of the molecule is CC(C)(C)OC(=O)CCCNC(=O)CCCC(=O)Nc1cccc(-c2nnc(-c3ccc(C(F)(F)F)cc3)nn2)c1. The third-order valence-electron chi connectivity index (χ3n) is 5.46. The molecule has 0 aliphatic carbocycles. The average Bonchev–Trinajstić information content (AvgIpc) is 2.90. The fourth-order valence-corrected chi connectivity index (χ4v) is 3.58. The van der Waals surface area contributed by atoms with Gasteiger partial charge in [0.15, 0.2) is 0 Å². The number of hydrogen-bond donors (Lipinski definition) is 2. The van der Waals surface area contributed by atoms with Crippen LogP contribution in [0.15, 0.2) is 48.5 Å². The van der Waals surface area contributed by atoms with E-state index in [0.717, 1.165) is 12.1 Å². The maximum atomic E-state index is 12.8. The van der Waals surface area contributed by atoms with Gasteiger partial charge in [0.2, 0.25) is 23.5 Å². The first-order valence-electron chi connectivity index (χ1n) is 12.9. The fraction of sp³-hybridized carbons (Fsp3) is 0.393. The highest BCUT2D eigenvalue weighted by molar-refractivity contribution is 5.91. The van der Waals surface area contributed by atoms with Gasteiger partial charge in [-0.25, -0.2) is 0 Å². The van der Waals surface area contributed by atoms with Gasteiger partial charge in [0.05, 0.1) is 5.56 Å². The van der Waals surface area contributed by atoms with E-state index in [1.54, 1.807) is 45.0 Å². The van der Waals surface area contributed by atoms with Gasteiger partial charge in [-0.15, -0.1) is 20.4 Å². The summed E-state index contributed by atoms with van der Waals surface area (Å²) in [5.41, 5.74) is 0.00636. The zero-order chi connectivity index (χ0) is 30.0. The van der Waals surface area contributed by atoms with Gasteiger partial charge < -0.3 is 15.4 Å². The lowest BCUT2D eigenvalue weighted by Gasteiger charge is -2.19. The van der Waals surface area contributed by atoms with E-state index >= 15 is 0 Å². The highest BCUT2D eigenvalue weighted by atomic mass is 19.4. The Bertz CT molecular complexity index is 1340. The van der Waals surface area contributed by atoms with E-state index in [9.17, 15) is 27.6 Å². The molecule has 0 bridgehead atoms. The number of aromatic nitrogens is 4. The van der Waals surface area contributed by atoms with Gasteiger partial charge in [0.25, 0.3) is 0 Å². The number of anilines is 1. The molecule has 0 saturated carbocycles. The summed E-state index contributed by atoms with van der Waals surface area (Å²) < 4.78 is 43.5. The molecule has 0 aliphatic heterocycles. The van der Waals surface area contributed by atoms with Crippen molar-refractivity contribution in [1.29, 1.82) is 0 Å². The topological polar surface area (TPSA) is 136 Å². The third kappa shape index (κ3) is 10.6. The standard InChI is InChI=1S/C28H31F3N6O4/c1-27(2,3)41-24(40)11-6-16-32-22(38)9-5-10-23(39)33-21-8-4-7-19(17-21)26-36-34-25(35-37-26)18-12-14-20(15-13-18)28(29,30)31/h4,7-8,12-15,17H,5-6,9-11,16H2,1-3H3,(H,32,38)(H,33,39). The molecule has 1 heterocycles. The Balaban J connectivity index is 1.43. The largest absolute Gasteiger partial charge is 0.460 e. The molecule has 41 heavy (non-hydrogen) atoms. The number of carbonyl (C=O) groups excluding carboxylic acids is 3. The number of nitrogens with zero attached hydrogens (tertiary/aromatic N) is 4. The molecule has 0 atom stereocenters. The van der Waals surface area contributed by atoms with Crippen LogP contribution in [-0.2, 0) is 25.3 Å². The summed E-state index contributed by atoms with van der Waals surface area (Å²) in [4.78, 5) is 36.0. The Labute approximate surface area is 235 Å². The summed E-state index contributed by atoms with van der Waals surface area (Å²) in [5.74, 6) is -0.573. The van der Waals surface area contributed by atoms with E-state index in [4.69, 9.17) is 4.74 Å². The van der Waals surface area contributed by atoms with Crippen LogP contribution in [0.2, 0.25) is 0 Å². The number of hydrogen-bond acceptors (Lipinski definition) is 8. The van der Waals surface area contributed by atoms with E-state index in [1.807, 2.05) is 0 Å². The monoisotopic (exact) mass is 572 g/mol.